The molecule has 0 aromatic carbocycles. The van der Waals surface area contributed by atoms with Gasteiger partial charge in [0.2, 0.25) is 11.9 Å². The van der Waals surface area contributed by atoms with Crippen LogP contribution in [0.25, 0.3) is 0 Å². The maximum Gasteiger partial charge on any atom is 0.339 e. The third-order valence-corrected chi connectivity index (χ3v) is 5.78. The van der Waals surface area contributed by atoms with Crippen LogP contribution in [0.15, 0.2) is 12.2 Å². The third-order valence-electron chi connectivity index (χ3n) is 5.78. The predicted octanol–water partition coefficient (Wildman–Crippen LogP) is 4.47. The number of ketones is 1. The zero-order chi connectivity index (χ0) is 27.6. The lowest BCUT2D eigenvalue weighted by Gasteiger charge is -2.26. The number of unbranched alkanes of at least 4 members (excludes halogenated alkanes) is 8. The number of hydrogen-bond acceptors (Lipinski definition) is 8. The summed E-state index contributed by atoms with van der Waals surface area (Å²) in [6, 6.07) is 0. The summed E-state index contributed by atoms with van der Waals surface area (Å²) in [6.07, 6.45) is 9.46. The number of carboxylic acid groups (broad SMARTS) is 1. The standard InChI is InChI=1S/C27H46O9/c1-5-6-7-10-13-16-22(28)17-14-11-8-9-12-15-18-23(29)27(34,26(32)33)19-24(30)35-21(4)36-25(31)20(2)3/h15,18,20-21,23,29,34H,5-14,16-17,19H2,1-4H3,(H,32,33)/b18-15+/t21?,23-,27-/m0/s1. The smallest absolute Gasteiger partial charge is 0.339 e. The molecule has 0 rings (SSSR count). The quantitative estimate of drug-likeness (QED) is 0.0873. The summed E-state index contributed by atoms with van der Waals surface area (Å²) in [5.74, 6) is -3.64. The van der Waals surface area contributed by atoms with Crippen LogP contribution in [0.5, 0.6) is 0 Å². The number of hydrogen-bond donors (Lipinski definition) is 3. The van der Waals surface area contributed by atoms with Crippen molar-refractivity contribution in [3.8, 4) is 0 Å². The third kappa shape index (κ3) is 15.0. The lowest BCUT2D eigenvalue weighted by Crippen LogP contribution is -2.50. The molecule has 0 saturated carbocycles. The second-order valence-electron chi connectivity index (χ2n) is 9.58. The molecule has 0 bridgehead atoms. The largest absolute Gasteiger partial charge is 0.479 e. The van der Waals surface area contributed by atoms with Crippen molar-refractivity contribution >= 4 is 23.7 Å². The molecule has 0 aliphatic heterocycles. The molecule has 0 aromatic rings. The van der Waals surface area contributed by atoms with Crippen molar-refractivity contribution in [2.75, 3.05) is 0 Å². The van der Waals surface area contributed by atoms with Crippen molar-refractivity contribution in [1.82, 2.24) is 0 Å². The molecule has 0 radical (unpaired) electrons. The van der Waals surface area contributed by atoms with E-state index in [1.807, 2.05) is 0 Å². The van der Waals surface area contributed by atoms with E-state index >= 15 is 0 Å². The molecular formula is C27H46O9. The van der Waals surface area contributed by atoms with Gasteiger partial charge in [-0.05, 0) is 25.7 Å². The number of carbonyl (C=O) groups is 4. The van der Waals surface area contributed by atoms with Crippen molar-refractivity contribution in [2.45, 2.75) is 129 Å². The Kier molecular flexibility index (Phi) is 17.7. The summed E-state index contributed by atoms with van der Waals surface area (Å²) < 4.78 is 9.71. The Bertz CT molecular complexity index is 701. The average molecular weight is 515 g/mol. The number of Topliss-reactive ketones (excluding diaryl/α,β-unsaturated/α-hetero) is 1. The van der Waals surface area contributed by atoms with Crippen molar-refractivity contribution in [2.24, 2.45) is 5.92 Å². The van der Waals surface area contributed by atoms with Crippen LogP contribution in [0.1, 0.15) is 111 Å². The summed E-state index contributed by atoms with van der Waals surface area (Å²) in [5.41, 5.74) is -2.79. The topological polar surface area (TPSA) is 147 Å². The van der Waals surface area contributed by atoms with E-state index in [4.69, 9.17) is 9.47 Å². The molecule has 0 saturated heterocycles. The fourth-order valence-corrected chi connectivity index (χ4v) is 3.45. The highest BCUT2D eigenvalue weighted by atomic mass is 16.7. The van der Waals surface area contributed by atoms with Crippen LogP contribution in [-0.4, -0.2) is 57.0 Å². The van der Waals surface area contributed by atoms with E-state index in [2.05, 4.69) is 6.92 Å². The van der Waals surface area contributed by atoms with Crippen LogP contribution >= 0.6 is 0 Å². The summed E-state index contributed by atoms with van der Waals surface area (Å²) >= 11 is 0. The Morgan fingerprint density at radius 3 is 1.94 bits per heavy atom. The molecule has 0 heterocycles. The van der Waals surface area contributed by atoms with E-state index in [9.17, 15) is 34.5 Å². The summed E-state index contributed by atoms with van der Waals surface area (Å²) in [6.45, 7) is 6.65. The lowest BCUT2D eigenvalue weighted by atomic mass is 9.92. The normalized spacial score (nSPS) is 14.9. The second kappa shape index (κ2) is 18.9. The van der Waals surface area contributed by atoms with Gasteiger partial charge in [-0.2, -0.15) is 0 Å². The number of carboxylic acids is 1. The van der Waals surface area contributed by atoms with Gasteiger partial charge in [-0.25, -0.2) is 4.79 Å². The molecule has 1 unspecified atom stereocenters. The number of aliphatic carboxylic acids is 1. The molecule has 3 N–H and O–H groups in total. The minimum Gasteiger partial charge on any atom is -0.479 e. The molecular weight excluding hydrogens is 468 g/mol. The molecule has 9 nitrogen and oxygen atoms in total. The van der Waals surface area contributed by atoms with E-state index in [1.165, 1.54) is 26.2 Å². The highest BCUT2D eigenvalue weighted by Gasteiger charge is 2.45. The Morgan fingerprint density at radius 2 is 1.42 bits per heavy atom. The first-order valence-corrected chi connectivity index (χ1v) is 13.2. The molecule has 3 atom stereocenters. The number of aliphatic hydroxyl groups is 2. The van der Waals surface area contributed by atoms with Gasteiger partial charge in [0.1, 0.15) is 11.9 Å². The SMILES string of the molecule is CCCCCCCC(=O)CCCCCC/C=C/[C@H](O)[C@@](O)(CC(=O)OC(C)OC(=O)C(C)C)C(=O)O. The molecule has 36 heavy (non-hydrogen) atoms. The van der Waals surface area contributed by atoms with Gasteiger partial charge in [-0.15, -0.1) is 0 Å². The maximum absolute atomic E-state index is 12.1. The molecule has 0 aromatic heterocycles. The van der Waals surface area contributed by atoms with Gasteiger partial charge < -0.3 is 24.8 Å². The van der Waals surface area contributed by atoms with Crippen LogP contribution in [0.2, 0.25) is 0 Å². The highest BCUT2D eigenvalue weighted by Crippen LogP contribution is 2.20. The first-order chi connectivity index (χ1) is 16.9. The van der Waals surface area contributed by atoms with Crippen LogP contribution in [0.4, 0.5) is 0 Å². The summed E-state index contributed by atoms with van der Waals surface area (Å²) in [5, 5.41) is 30.0. The molecule has 208 valence electrons. The Hall–Kier alpha value is -2.26. The predicted molar refractivity (Wildman–Crippen MR) is 135 cm³/mol. The Morgan fingerprint density at radius 1 is 0.861 bits per heavy atom. The number of esters is 2. The van der Waals surface area contributed by atoms with E-state index in [-0.39, 0.29) is 0 Å². The molecule has 9 heteroatoms. The fourth-order valence-electron chi connectivity index (χ4n) is 3.45. The van der Waals surface area contributed by atoms with Crippen molar-refractivity contribution in [3.05, 3.63) is 12.2 Å². The van der Waals surface area contributed by atoms with Crippen molar-refractivity contribution in [3.63, 3.8) is 0 Å². The molecule has 0 aliphatic rings. The van der Waals surface area contributed by atoms with E-state index < -0.39 is 48.2 Å². The Labute approximate surface area is 215 Å². The average Bonchev–Trinajstić information content (AvgIpc) is 2.79. The van der Waals surface area contributed by atoms with Gasteiger partial charge in [-0.1, -0.05) is 71.4 Å². The highest BCUT2D eigenvalue weighted by molar-refractivity contribution is 5.85. The molecule has 0 spiro atoms. The van der Waals surface area contributed by atoms with Gasteiger partial charge in [0.05, 0.1) is 12.3 Å². The summed E-state index contributed by atoms with van der Waals surface area (Å²) in [7, 11) is 0. The monoisotopic (exact) mass is 514 g/mol. The van der Waals surface area contributed by atoms with Crippen LogP contribution < -0.4 is 0 Å². The van der Waals surface area contributed by atoms with Crippen molar-refractivity contribution in [1.29, 1.82) is 0 Å². The number of rotatable bonds is 21. The van der Waals surface area contributed by atoms with E-state index in [0.29, 0.717) is 25.0 Å². The van der Waals surface area contributed by atoms with Crippen LogP contribution in [0.3, 0.4) is 0 Å². The maximum atomic E-state index is 12.1. The summed E-state index contributed by atoms with van der Waals surface area (Å²) in [4.78, 5) is 47.0. The molecule has 0 aliphatic carbocycles. The fraction of sp³-hybridized carbons (Fsp3) is 0.778. The van der Waals surface area contributed by atoms with Gasteiger partial charge in [-0.3, -0.25) is 14.4 Å². The van der Waals surface area contributed by atoms with Gasteiger partial charge in [0.15, 0.2) is 0 Å². The number of carbonyl (C=O) groups excluding carboxylic acids is 3. The Balaban J connectivity index is 4.32. The second-order valence-corrected chi connectivity index (χ2v) is 9.58. The van der Waals surface area contributed by atoms with Crippen LogP contribution in [0, 0.1) is 5.92 Å². The first-order valence-electron chi connectivity index (χ1n) is 13.2. The first kappa shape index (κ1) is 33.7. The molecule has 0 amide bonds. The zero-order valence-corrected chi connectivity index (χ0v) is 22.4. The van der Waals surface area contributed by atoms with Crippen LogP contribution in [-0.2, 0) is 28.7 Å². The van der Waals surface area contributed by atoms with Gasteiger partial charge >= 0.3 is 17.9 Å². The van der Waals surface area contributed by atoms with E-state index in [0.717, 1.165) is 44.6 Å². The minimum atomic E-state index is -2.79. The lowest BCUT2D eigenvalue weighted by molar-refractivity contribution is -0.195. The number of aliphatic hydroxyl groups excluding tert-OH is 1. The van der Waals surface area contributed by atoms with E-state index in [1.54, 1.807) is 19.9 Å². The molecule has 0 fully saturated rings. The minimum absolute atomic E-state index is 0.313. The number of allylic oxidation sites excluding steroid dienone is 1. The van der Waals surface area contributed by atoms with Gasteiger partial charge in [0, 0.05) is 19.8 Å². The van der Waals surface area contributed by atoms with Crippen molar-refractivity contribution < 1.29 is 44.0 Å². The zero-order valence-electron chi connectivity index (χ0n) is 22.4. The van der Waals surface area contributed by atoms with Gasteiger partial charge in [0.25, 0.3) is 0 Å². The number of ether oxygens (including phenoxy) is 2.